The number of hydrogen-bond donors (Lipinski definition) is 2. The highest BCUT2D eigenvalue weighted by Crippen LogP contribution is 2.43. The molecule has 0 bridgehead atoms. The first-order chi connectivity index (χ1) is 19.1. The van der Waals surface area contributed by atoms with Gasteiger partial charge in [-0.05, 0) is 90.0 Å². The zero-order chi connectivity index (χ0) is 30.8. The highest BCUT2D eigenvalue weighted by Gasteiger charge is 2.33. The Labute approximate surface area is 251 Å². The Hall–Kier alpha value is -2.68. The fraction of sp³-hybridized carbons (Fsp3) is 0.487. The molecule has 2 heteroatoms. The molecule has 0 amide bonds. The summed E-state index contributed by atoms with van der Waals surface area (Å²) < 4.78 is 0. The second-order valence-corrected chi connectivity index (χ2v) is 13.7. The number of aliphatic hydroxyl groups is 2. The molecule has 0 fully saturated rings. The average molecular weight is 557 g/mol. The van der Waals surface area contributed by atoms with Gasteiger partial charge in [-0.1, -0.05) is 140 Å². The van der Waals surface area contributed by atoms with Gasteiger partial charge in [0.2, 0.25) is 0 Å². The van der Waals surface area contributed by atoms with E-state index in [4.69, 9.17) is 0 Å². The van der Waals surface area contributed by atoms with Crippen molar-refractivity contribution >= 4 is 0 Å². The molecular formula is C39H56O2. The summed E-state index contributed by atoms with van der Waals surface area (Å²) in [6.07, 6.45) is 29.5. The lowest BCUT2D eigenvalue weighted by Crippen LogP contribution is -2.29. The molecule has 2 atom stereocenters. The molecule has 2 aliphatic rings. The van der Waals surface area contributed by atoms with E-state index in [2.05, 4.69) is 142 Å². The van der Waals surface area contributed by atoms with Crippen LogP contribution in [0.1, 0.15) is 101 Å². The smallest absolute Gasteiger partial charge is 0.0585 e. The Morgan fingerprint density at radius 2 is 1.12 bits per heavy atom. The number of rotatable bonds is 10. The van der Waals surface area contributed by atoms with Crippen LogP contribution in [0.25, 0.3) is 0 Å². The Bertz CT molecular complexity index is 1230. The van der Waals surface area contributed by atoms with Crippen molar-refractivity contribution in [2.75, 3.05) is 0 Å². The van der Waals surface area contributed by atoms with Crippen molar-refractivity contribution in [2.24, 2.45) is 10.8 Å². The van der Waals surface area contributed by atoms with E-state index in [0.717, 1.165) is 32.1 Å². The third-order valence-corrected chi connectivity index (χ3v) is 8.35. The van der Waals surface area contributed by atoms with E-state index in [-0.39, 0.29) is 23.0 Å². The van der Waals surface area contributed by atoms with Gasteiger partial charge in [0.15, 0.2) is 0 Å². The largest absolute Gasteiger partial charge is 0.393 e. The van der Waals surface area contributed by atoms with Crippen LogP contribution in [0.5, 0.6) is 0 Å². The SMILES string of the molecule is CC(C=CC=C(C)C=CC1=C(C)CC(O)CC1(C)C)=CC=CC=C(C)C=CC=C(C)CC1=C(C)CC(O)CC1(C)C. The number of allylic oxidation sites excluding steroid dienone is 18. The van der Waals surface area contributed by atoms with Crippen LogP contribution in [-0.4, -0.2) is 22.4 Å². The van der Waals surface area contributed by atoms with Crippen molar-refractivity contribution in [1.29, 1.82) is 0 Å². The minimum atomic E-state index is -0.225. The van der Waals surface area contributed by atoms with E-state index in [9.17, 15) is 10.2 Å². The van der Waals surface area contributed by atoms with Gasteiger partial charge < -0.3 is 10.2 Å². The Kier molecular flexibility index (Phi) is 13.1. The normalized spacial score (nSPS) is 25.2. The highest BCUT2D eigenvalue weighted by molar-refractivity contribution is 5.38. The van der Waals surface area contributed by atoms with E-state index in [1.807, 2.05) is 0 Å². The number of hydrogen-bond acceptors (Lipinski definition) is 2. The van der Waals surface area contributed by atoms with Gasteiger partial charge >= 0.3 is 0 Å². The van der Waals surface area contributed by atoms with Gasteiger partial charge in [-0.3, -0.25) is 0 Å². The van der Waals surface area contributed by atoms with Crippen LogP contribution < -0.4 is 0 Å². The second-order valence-electron chi connectivity index (χ2n) is 13.7. The third kappa shape index (κ3) is 11.6. The summed E-state index contributed by atoms with van der Waals surface area (Å²) in [5.74, 6) is 0. The van der Waals surface area contributed by atoms with Gasteiger partial charge in [-0.15, -0.1) is 0 Å². The van der Waals surface area contributed by atoms with Crippen molar-refractivity contribution in [2.45, 2.75) is 114 Å². The molecule has 0 heterocycles. The molecule has 0 aliphatic heterocycles. The molecule has 2 rings (SSSR count). The summed E-state index contributed by atoms with van der Waals surface area (Å²) in [4.78, 5) is 0. The first kappa shape index (κ1) is 34.5. The molecule has 0 spiro atoms. The molecule has 0 saturated carbocycles. The molecule has 0 saturated heterocycles. The maximum atomic E-state index is 10.1. The summed E-state index contributed by atoms with van der Waals surface area (Å²) >= 11 is 0. The highest BCUT2D eigenvalue weighted by atomic mass is 16.3. The molecule has 2 aliphatic carbocycles. The molecule has 0 aromatic heterocycles. The lowest BCUT2D eigenvalue weighted by atomic mass is 9.70. The van der Waals surface area contributed by atoms with Crippen LogP contribution >= 0.6 is 0 Å². The summed E-state index contributed by atoms with van der Waals surface area (Å²) in [6, 6.07) is 0. The van der Waals surface area contributed by atoms with Crippen LogP contribution in [0.4, 0.5) is 0 Å². The van der Waals surface area contributed by atoms with Gasteiger partial charge in [-0.25, -0.2) is 0 Å². The van der Waals surface area contributed by atoms with Gasteiger partial charge in [0.25, 0.3) is 0 Å². The fourth-order valence-corrected chi connectivity index (χ4v) is 6.26. The summed E-state index contributed by atoms with van der Waals surface area (Å²) in [5, 5.41) is 20.2. The zero-order valence-electron chi connectivity index (χ0n) is 27.5. The lowest BCUT2D eigenvalue weighted by molar-refractivity contribution is 0.113. The quantitative estimate of drug-likeness (QED) is 0.207. The molecule has 0 aromatic rings. The maximum absolute atomic E-state index is 10.1. The van der Waals surface area contributed by atoms with Crippen LogP contribution in [0, 0.1) is 10.8 Å². The van der Waals surface area contributed by atoms with Gasteiger partial charge in [0.05, 0.1) is 12.2 Å². The summed E-state index contributed by atoms with van der Waals surface area (Å²) in [5.41, 5.74) is 10.5. The van der Waals surface area contributed by atoms with Crippen LogP contribution in [-0.2, 0) is 0 Å². The molecule has 2 N–H and O–H groups in total. The molecule has 41 heavy (non-hydrogen) atoms. The Morgan fingerprint density at radius 3 is 1.66 bits per heavy atom. The van der Waals surface area contributed by atoms with Gasteiger partial charge in [-0.2, -0.15) is 0 Å². The topological polar surface area (TPSA) is 40.5 Å². The van der Waals surface area contributed by atoms with E-state index in [1.54, 1.807) is 0 Å². The first-order valence-electron chi connectivity index (χ1n) is 15.2. The van der Waals surface area contributed by atoms with E-state index in [0.29, 0.717) is 0 Å². The second kappa shape index (κ2) is 15.5. The van der Waals surface area contributed by atoms with Crippen molar-refractivity contribution in [3.8, 4) is 0 Å². The van der Waals surface area contributed by atoms with Crippen molar-refractivity contribution in [1.82, 2.24) is 0 Å². The van der Waals surface area contributed by atoms with Crippen molar-refractivity contribution in [3.63, 3.8) is 0 Å². The predicted octanol–water partition coefficient (Wildman–Crippen LogP) is 10.4. The first-order valence-corrected chi connectivity index (χ1v) is 15.2. The fourth-order valence-electron chi connectivity index (χ4n) is 6.26. The predicted molar refractivity (Wildman–Crippen MR) is 180 cm³/mol. The molecular weight excluding hydrogens is 500 g/mol. The van der Waals surface area contributed by atoms with Crippen molar-refractivity contribution < 1.29 is 10.2 Å². The standard InChI is InChI=1S/C39H56O2/c1-28(17-13-19-30(3)21-22-36-32(5)24-34(40)26-38(36,7)8)15-11-12-16-29(2)18-14-20-31(4)23-37-33(6)25-35(41)27-39(37,9)10/h11-22,34-35,40-41H,23-27H2,1-10H3. The molecule has 2 unspecified atom stereocenters. The summed E-state index contributed by atoms with van der Waals surface area (Å²) in [7, 11) is 0. The minimum absolute atomic E-state index is 0.00740. The lowest BCUT2D eigenvalue weighted by Gasteiger charge is -2.37. The van der Waals surface area contributed by atoms with Crippen LogP contribution in [0.15, 0.2) is 117 Å². The summed E-state index contributed by atoms with van der Waals surface area (Å²) in [6.45, 7) is 21.8. The maximum Gasteiger partial charge on any atom is 0.0585 e. The van der Waals surface area contributed by atoms with Crippen LogP contribution in [0.2, 0.25) is 0 Å². The van der Waals surface area contributed by atoms with E-state index < -0.39 is 0 Å². The minimum Gasteiger partial charge on any atom is -0.393 e. The zero-order valence-corrected chi connectivity index (χ0v) is 27.5. The third-order valence-electron chi connectivity index (χ3n) is 8.35. The van der Waals surface area contributed by atoms with Crippen LogP contribution in [0.3, 0.4) is 0 Å². The average Bonchev–Trinajstić information content (AvgIpc) is 2.82. The Morgan fingerprint density at radius 1 is 0.659 bits per heavy atom. The van der Waals surface area contributed by atoms with Gasteiger partial charge in [0.1, 0.15) is 0 Å². The molecule has 0 aromatic carbocycles. The molecule has 0 radical (unpaired) electrons. The molecule has 224 valence electrons. The van der Waals surface area contributed by atoms with E-state index >= 15 is 0 Å². The monoisotopic (exact) mass is 556 g/mol. The van der Waals surface area contributed by atoms with Crippen molar-refractivity contribution in [3.05, 3.63) is 117 Å². The van der Waals surface area contributed by atoms with E-state index in [1.165, 1.54) is 44.6 Å². The Balaban J connectivity index is 1.90. The molecule has 2 nitrogen and oxygen atoms in total. The number of aliphatic hydroxyl groups excluding tert-OH is 2. The van der Waals surface area contributed by atoms with Gasteiger partial charge in [0, 0.05) is 0 Å².